The summed E-state index contributed by atoms with van der Waals surface area (Å²) in [5.41, 5.74) is 3.42. The smallest absolute Gasteiger partial charge is 0.333 e. The van der Waals surface area contributed by atoms with Gasteiger partial charge in [0.05, 0.1) is 23.5 Å². The van der Waals surface area contributed by atoms with E-state index in [4.69, 9.17) is 4.74 Å². The van der Waals surface area contributed by atoms with Crippen molar-refractivity contribution in [3.8, 4) is 0 Å². The zero-order valence-corrected chi connectivity index (χ0v) is 18.9. The standard InChI is InChI=1S/C19H22N4O3S3/c1-4-26-17(25)10-16-23(15(24)11-28-16)8-9-27-19-22-21-18(29-19)20-14-7-5-6-12(2)13(14)3/h5-7,10H,4,8-9,11H2,1-3H3,(H,20,21)/b16-10-. The van der Waals surface area contributed by atoms with Gasteiger partial charge in [0.25, 0.3) is 0 Å². The van der Waals surface area contributed by atoms with E-state index in [-0.39, 0.29) is 5.91 Å². The van der Waals surface area contributed by atoms with E-state index in [0.29, 0.717) is 29.7 Å². The molecule has 1 aromatic heterocycles. The highest BCUT2D eigenvalue weighted by Crippen LogP contribution is 2.32. The van der Waals surface area contributed by atoms with E-state index in [0.717, 1.165) is 15.2 Å². The molecule has 1 amide bonds. The van der Waals surface area contributed by atoms with Crippen molar-refractivity contribution >= 4 is 57.6 Å². The minimum Gasteiger partial charge on any atom is -0.463 e. The zero-order chi connectivity index (χ0) is 20.8. The molecule has 0 radical (unpaired) electrons. The summed E-state index contributed by atoms with van der Waals surface area (Å²) in [6.07, 6.45) is 1.39. The molecule has 1 aromatic carbocycles. The normalized spacial score (nSPS) is 15.2. The van der Waals surface area contributed by atoms with Crippen molar-refractivity contribution in [1.29, 1.82) is 0 Å². The monoisotopic (exact) mass is 450 g/mol. The molecule has 0 spiro atoms. The Kier molecular flexibility index (Phi) is 7.57. The Morgan fingerprint density at radius 2 is 2.21 bits per heavy atom. The van der Waals surface area contributed by atoms with E-state index in [9.17, 15) is 9.59 Å². The van der Waals surface area contributed by atoms with Gasteiger partial charge in [-0.1, -0.05) is 47.0 Å². The van der Waals surface area contributed by atoms with Crippen LogP contribution in [0.4, 0.5) is 10.8 Å². The molecule has 0 saturated carbocycles. The molecule has 10 heteroatoms. The number of amides is 1. The Labute approximate surface area is 182 Å². The van der Waals surface area contributed by atoms with Crippen LogP contribution in [0.25, 0.3) is 0 Å². The zero-order valence-electron chi connectivity index (χ0n) is 16.4. The summed E-state index contributed by atoms with van der Waals surface area (Å²) >= 11 is 4.37. The lowest BCUT2D eigenvalue weighted by atomic mass is 10.1. The van der Waals surface area contributed by atoms with Gasteiger partial charge in [-0.2, -0.15) is 0 Å². The highest BCUT2D eigenvalue weighted by Gasteiger charge is 2.27. The molecule has 1 fully saturated rings. The molecule has 1 aliphatic rings. The third-order valence-electron chi connectivity index (χ3n) is 4.23. The van der Waals surface area contributed by atoms with E-state index in [1.54, 1.807) is 11.8 Å². The fraction of sp³-hybridized carbons (Fsp3) is 0.368. The third-order valence-corrected chi connectivity index (χ3v) is 7.21. The molecular weight excluding hydrogens is 428 g/mol. The lowest BCUT2D eigenvalue weighted by molar-refractivity contribution is -0.137. The fourth-order valence-electron chi connectivity index (χ4n) is 2.60. The first-order valence-electron chi connectivity index (χ1n) is 9.09. The van der Waals surface area contributed by atoms with Gasteiger partial charge in [-0.3, -0.25) is 4.79 Å². The van der Waals surface area contributed by atoms with E-state index in [2.05, 4.69) is 35.4 Å². The molecule has 3 rings (SSSR count). The number of aryl methyl sites for hydroxylation is 1. The van der Waals surface area contributed by atoms with Crippen molar-refractivity contribution in [2.24, 2.45) is 0 Å². The molecule has 2 heterocycles. The summed E-state index contributed by atoms with van der Waals surface area (Å²) in [7, 11) is 0. The first-order chi connectivity index (χ1) is 14.0. The molecule has 0 aliphatic carbocycles. The van der Waals surface area contributed by atoms with Crippen LogP contribution in [-0.4, -0.2) is 51.6 Å². The van der Waals surface area contributed by atoms with E-state index >= 15 is 0 Å². The van der Waals surface area contributed by atoms with Crippen LogP contribution in [0.1, 0.15) is 18.1 Å². The summed E-state index contributed by atoms with van der Waals surface area (Å²) < 4.78 is 5.76. The quantitative estimate of drug-likeness (QED) is 0.367. The van der Waals surface area contributed by atoms with Crippen molar-refractivity contribution in [3.63, 3.8) is 0 Å². The Balaban J connectivity index is 1.55. The number of esters is 1. The topological polar surface area (TPSA) is 84.4 Å². The largest absolute Gasteiger partial charge is 0.463 e. The molecule has 7 nitrogen and oxygen atoms in total. The number of rotatable bonds is 8. The highest BCUT2D eigenvalue weighted by atomic mass is 32.2. The Morgan fingerprint density at radius 1 is 1.38 bits per heavy atom. The number of carbonyl (C=O) groups is 2. The van der Waals surface area contributed by atoms with Gasteiger partial charge in [-0.25, -0.2) is 4.79 Å². The number of carbonyl (C=O) groups excluding carboxylic acids is 2. The lowest BCUT2D eigenvalue weighted by Gasteiger charge is -2.16. The van der Waals surface area contributed by atoms with E-state index in [1.165, 1.54) is 52.1 Å². The first-order valence-corrected chi connectivity index (χ1v) is 11.9. The van der Waals surface area contributed by atoms with Gasteiger partial charge in [-0.05, 0) is 38.0 Å². The minimum atomic E-state index is -0.423. The second-order valence-electron chi connectivity index (χ2n) is 6.16. The van der Waals surface area contributed by atoms with Crippen molar-refractivity contribution in [2.75, 3.05) is 30.0 Å². The molecule has 29 heavy (non-hydrogen) atoms. The van der Waals surface area contributed by atoms with Crippen LogP contribution in [0, 0.1) is 13.8 Å². The number of ether oxygens (including phenoxy) is 1. The summed E-state index contributed by atoms with van der Waals surface area (Å²) in [4.78, 5) is 25.4. The van der Waals surface area contributed by atoms with Gasteiger partial charge < -0.3 is 15.0 Å². The number of nitrogens with zero attached hydrogens (tertiary/aromatic N) is 3. The number of hydrogen-bond acceptors (Lipinski definition) is 9. The Hall–Kier alpha value is -2.04. The maximum Gasteiger partial charge on any atom is 0.333 e. The van der Waals surface area contributed by atoms with Crippen LogP contribution in [0.3, 0.4) is 0 Å². The number of benzene rings is 1. The molecule has 1 saturated heterocycles. The predicted molar refractivity (Wildman–Crippen MR) is 119 cm³/mol. The second kappa shape index (κ2) is 10.1. The Morgan fingerprint density at radius 3 is 3.00 bits per heavy atom. The lowest BCUT2D eigenvalue weighted by Crippen LogP contribution is -2.27. The van der Waals surface area contributed by atoms with Gasteiger partial charge >= 0.3 is 5.97 Å². The Bertz CT molecular complexity index is 929. The van der Waals surface area contributed by atoms with E-state index < -0.39 is 5.97 Å². The van der Waals surface area contributed by atoms with Crippen LogP contribution in [0.2, 0.25) is 0 Å². The number of nitrogens with one attached hydrogen (secondary N) is 1. The average molecular weight is 451 g/mol. The SMILES string of the molecule is CCOC(=O)/C=C1\SCC(=O)N1CCSc1nnc(Nc2cccc(C)c2C)s1. The molecular formula is C19H22N4O3S3. The molecule has 2 aromatic rings. The molecule has 1 aliphatic heterocycles. The summed E-state index contributed by atoms with van der Waals surface area (Å²) in [6.45, 7) is 6.71. The minimum absolute atomic E-state index is 0.000639. The summed E-state index contributed by atoms with van der Waals surface area (Å²) in [5, 5.41) is 13.1. The van der Waals surface area contributed by atoms with Gasteiger partial charge in [0, 0.05) is 18.0 Å². The maximum absolute atomic E-state index is 12.1. The third kappa shape index (κ3) is 5.74. The molecule has 0 atom stereocenters. The number of aromatic nitrogens is 2. The summed E-state index contributed by atoms with van der Waals surface area (Å²) in [5.74, 6) is 0.581. The van der Waals surface area contributed by atoms with Crippen LogP contribution in [-0.2, 0) is 14.3 Å². The number of anilines is 2. The number of hydrogen-bond donors (Lipinski definition) is 1. The van der Waals surface area contributed by atoms with Crippen LogP contribution < -0.4 is 5.32 Å². The molecule has 0 bridgehead atoms. The molecule has 0 unspecified atom stereocenters. The van der Waals surface area contributed by atoms with Gasteiger partial charge in [0.2, 0.25) is 11.0 Å². The molecule has 154 valence electrons. The van der Waals surface area contributed by atoms with Crippen molar-refractivity contribution < 1.29 is 14.3 Å². The fourth-order valence-corrected chi connectivity index (χ4v) is 5.31. The van der Waals surface area contributed by atoms with Crippen LogP contribution >= 0.6 is 34.9 Å². The average Bonchev–Trinajstić information content (AvgIpc) is 3.27. The van der Waals surface area contributed by atoms with Crippen molar-refractivity contribution in [1.82, 2.24) is 15.1 Å². The van der Waals surface area contributed by atoms with Crippen molar-refractivity contribution in [2.45, 2.75) is 25.1 Å². The van der Waals surface area contributed by atoms with Gasteiger partial charge in [-0.15, -0.1) is 10.2 Å². The highest BCUT2D eigenvalue weighted by molar-refractivity contribution is 8.04. The molecule has 1 N–H and O–H groups in total. The number of thioether (sulfide) groups is 2. The van der Waals surface area contributed by atoms with Gasteiger partial charge in [0.1, 0.15) is 0 Å². The predicted octanol–water partition coefficient (Wildman–Crippen LogP) is 3.97. The van der Waals surface area contributed by atoms with Crippen LogP contribution in [0.5, 0.6) is 0 Å². The first kappa shape index (κ1) is 21.7. The van der Waals surface area contributed by atoms with Gasteiger partial charge in [0.15, 0.2) is 4.34 Å². The second-order valence-corrected chi connectivity index (χ2v) is 9.48. The van der Waals surface area contributed by atoms with Crippen LogP contribution in [0.15, 0.2) is 33.6 Å². The maximum atomic E-state index is 12.1. The van der Waals surface area contributed by atoms with E-state index in [1.807, 2.05) is 12.1 Å². The van der Waals surface area contributed by atoms with Crippen molar-refractivity contribution in [3.05, 3.63) is 40.4 Å². The summed E-state index contributed by atoms with van der Waals surface area (Å²) in [6, 6.07) is 6.10.